The third-order valence-corrected chi connectivity index (χ3v) is 1.27. The number of carbonyl (C=O) groups is 1. The average Bonchev–Trinajstić information content (AvgIpc) is 2.39. The van der Waals surface area contributed by atoms with Crippen LogP contribution in [0.3, 0.4) is 0 Å². The maximum absolute atomic E-state index is 8.89. The number of hydrogen-bond acceptors (Lipinski definition) is 2. The van der Waals surface area contributed by atoms with Crippen molar-refractivity contribution >= 4 is 5.97 Å². The molecule has 0 atom stereocenters. The van der Waals surface area contributed by atoms with Gasteiger partial charge in [0.2, 0.25) is 0 Å². The fourth-order valence-electron chi connectivity index (χ4n) is 0.869. The number of carboxylic acid groups (broad SMARTS) is 1. The van der Waals surface area contributed by atoms with Crippen LogP contribution in [0.25, 0.3) is 0 Å². The van der Waals surface area contributed by atoms with Gasteiger partial charge in [0.1, 0.15) is 0 Å². The molecule has 0 spiro atoms. The van der Waals surface area contributed by atoms with E-state index in [0.29, 0.717) is 0 Å². The quantitative estimate of drug-likeness (QED) is 0.581. The van der Waals surface area contributed by atoms with Crippen molar-refractivity contribution in [3.05, 3.63) is 24.6 Å². The first-order chi connectivity index (χ1) is 5.66. The number of allylic oxidation sites excluding steroid dienone is 2. The Balaban J connectivity index is 0.000000261. The zero-order chi connectivity index (χ0) is 9.40. The van der Waals surface area contributed by atoms with Gasteiger partial charge in [-0.1, -0.05) is 6.92 Å². The van der Waals surface area contributed by atoms with Crippen molar-refractivity contribution in [3.8, 4) is 0 Å². The highest BCUT2D eigenvalue weighted by molar-refractivity contribution is 5.60. The summed E-state index contributed by atoms with van der Waals surface area (Å²) in [4.78, 5) is 10.4. The van der Waals surface area contributed by atoms with Crippen molar-refractivity contribution in [2.45, 2.75) is 20.3 Å². The van der Waals surface area contributed by atoms with Crippen molar-refractivity contribution in [3.63, 3.8) is 0 Å². The topological polar surface area (TPSA) is 44.6 Å². The number of nitrogens with one attached hydrogen (secondary N) is 1. The van der Waals surface area contributed by atoms with Gasteiger partial charge in [-0.15, -0.1) is 0 Å². The van der Waals surface area contributed by atoms with Gasteiger partial charge >= 0.3 is 0 Å². The first kappa shape index (κ1) is 10.9. The minimum absolute atomic E-state index is 0.972. The van der Waals surface area contributed by atoms with Crippen molar-refractivity contribution < 1.29 is 14.8 Å². The molecule has 0 saturated heterocycles. The Hall–Kier alpha value is -1.09. The zero-order valence-electron chi connectivity index (χ0n) is 7.54. The van der Waals surface area contributed by atoms with Gasteiger partial charge in [0.15, 0.2) is 0 Å². The third kappa shape index (κ3) is 7.02. The summed E-state index contributed by atoms with van der Waals surface area (Å²) < 4.78 is 0. The van der Waals surface area contributed by atoms with Gasteiger partial charge in [-0.25, -0.2) is 0 Å². The van der Waals surface area contributed by atoms with Gasteiger partial charge in [0.25, 0.3) is 0 Å². The molecule has 0 radical (unpaired) electrons. The van der Waals surface area contributed by atoms with Crippen LogP contribution >= 0.6 is 0 Å². The van der Waals surface area contributed by atoms with Crippen LogP contribution in [0.1, 0.15) is 20.3 Å². The standard InChI is InChI=1S/C7H11N.C2H4O2/c1-2-5-8-6-3-4-7-8;1-2(3)4/h3-4,6-7H,2,5H2,1H3;1H3,(H,3,4). The van der Waals surface area contributed by atoms with Crippen molar-refractivity contribution in [2.75, 3.05) is 6.54 Å². The Morgan fingerprint density at radius 2 is 1.83 bits per heavy atom. The van der Waals surface area contributed by atoms with Crippen molar-refractivity contribution in [1.29, 1.82) is 0 Å². The number of quaternary nitrogens is 1. The Labute approximate surface area is 73.0 Å². The van der Waals surface area contributed by atoms with Crippen LogP contribution in [0, 0.1) is 0 Å². The fourth-order valence-corrected chi connectivity index (χ4v) is 0.869. The van der Waals surface area contributed by atoms with Crippen molar-refractivity contribution in [2.24, 2.45) is 0 Å². The first-order valence-corrected chi connectivity index (χ1v) is 4.05. The molecule has 0 amide bonds. The van der Waals surface area contributed by atoms with E-state index < -0.39 is 5.97 Å². The van der Waals surface area contributed by atoms with Gasteiger partial charge in [0, 0.05) is 5.97 Å². The van der Waals surface area contributed by atoms with E-state index in [-0.39, 0.29) is 0 Å². The Morgan fingerprint density at radius 3 is 2.17 bits per heavy atom. The maximum atomic E-state index is 8.89. The number of carboxylic acids is 1. The average molecular weight is 169 g/mol. The van der Waals surface area contributed by atoms with E-state index in [2.05, 4.69) is 31.5 Å². The fraction of sp³-hybridized carbons (Fsp3) is 0.444. The molecule has 68 valence electrons. The number of aliphatic carboxylic acids is 1. The molecular formula is C9H15NO2. The summed E-state index contributed by atoms with van der Waals surface area (Å²) in [7, 11) is 0. The highest BCUT2D eigenvalue weighted by Gasteiger charge is 1.99. The van der Waals surface area contributed by atoms with E-state index in [1.54, 1.807) is 0 Å². The SMILES string of the molecule is CC(=O)[O-].CCC[NH+]1C=CC=C1. The van der Waals surface area contributed by atoms with E-state index in [0.717, 1.165) is 6.92 Å². The van der Waals surface area contributed by atoms with Gasteiger partial charge in [-0.2, -0.15) is 0 Å². The second-order valence-electron chi connectivity index (χ2n) is 2.53. The van der Waals surface area contributed by atoms with Crippen LogP contribution in [0.2, 0.25) is 0 Å². The highest BCUT2D eigenvalue weighted by Crippen LogP contribution is 1.76. The summed E-state index contributed by atoms with van der Waals surface area (Å²) in [5.41, 5.74) is 0. The lowest BCUT2D eigenvalue weighted by molar-refractivity contribution is -0.787. The van der Waals surface area contributed by atoms with Crippen LogP contribution in [-0.4, -0.2) is 12.5 Å². The van der Waals surface area contributed by atoms with Crippen LogP contribution in [0.4, 0.5) is 0 Å². The monoisotopic (exact) mass is 169 g/mol. The normalized spacial score (nSPS) is 14.2. The summed E-state index contributed by atoms with van der Waals surface area (Å²) in [6.07, 6.45) is 9.77. The molecule has 3 nitrogen and oxygen atoms in total. The molecule has 0 aromatic rings. The molecular weight excluding hydrogens is 154 g/mol. The lowest BCUT2D eigenvalue weighted by Crippen LogP contribution is -3.01. The van der Waals surface area contributed by atoms with E-state index in [1.165, 1.54) is 17.9 Å². The van der Waals surface area contributed by atoms with Crippen LogP contribution in [-0.2, 0) is 4.79 Å². The van der Waals surface area contributed by atoms with Gasteiger partial charge in [-0.3, -0.25) is 4.90 Å². The maximum Gasteiger partial charge on any atom is 0.0990 e. The molecule has 0 unspecified atom stereocenters. The van der Waals surface area contributed by atoms with E-state index in [9.17, 15) is 0 Å². The molecule has 0 fully saturated rings. The number of hydrogen-bond donors (Lipinski definition) is 1. The van der Waals surface area contributed by atoms with Crippen LogP contribution < -0.4 is 10.0 Å². The molecule has 0 aromatic carbocycles. The molecule has 1 aliphatic heterocycles. The summed E-state index contributed by atoms with van der Waals surface area (Å²) in [5, 5.41) is 8.89. The molecule has 3 heteroatoms. The lowest BCUT2D eigenvalue weighted by Gasteiger charge is -2.01. The second kappa shape index (κ2) is 6.61. The van der Waals surface area contributed by atoms with E-state index in [1.807, 2.05) is 0 Å². The molecule has 1 aliphatic rings. The smallest absolute Gasteiger partial charge is 0.0990 e. The Kier molecular flexibility index (Phi) is 6.01. The van der Waals surface area contributed by atoms with Crippen LogP contribution in [0.5, 0.6) is 0 Å². The number of carbonyl (C=O) groups excluding carboxylic acids is 1. The summed E-state index contributed by atoms with van der Waals surface area (Å²) in [5.74, 6) is -1.08. The predicted octanol–water partition coefficient (Wildman–Crippen LogP) is -0.921. The molecule has 0 saturated carbocycles. The molecule has 0 aromatic heterocycles. The summed E-state index contributed by atoms with van der Waals surface area (Å²) >= 11 is 0. The molecule has 1 heterocycles. The number of rotatable bonds is 2. The predicted molar refractivity (Wildman–Crippen MR) is 45.1 cm³/mol. The largest absolute Gasteiger partial charge is 0.550 e. The minimum atomic E-state index is -1.08. The molecule has 1 N–H and O–H groups in total. The summed E-state index contributed by atoms with van der Waals surface area (Å²) in [6.45, 7) is 4.40. The van der Waals surface area contributed by atoms with Gasteiger partial charge in [-0.05, 0) is 25.5 Å². The zero-order valence-corrected chi connectivity index (χ0v) is 7.54. The van der Waals surface area contributed by atoms with Gasteiger partial charge in [0.05, 0.1) is 18.9 Å². The molecule has 1 rings (SSSR count). The minimum Gasteiger partial charge on any atom is -0.550 e. The Morgan fingerprint density at radius 1 is 1.42 bits per heavy atom. The van der Waals surface area contributed by atoms with Crippen LogP contribution in [0.15, 0.2) is 24.6 Å². The van der Waals surface area contributed by atoms with E-state index >= 15 is 0 Å². The van der Waals surface area contributed by atoms with Crippen molar-refractivity contribution in [1.82, 2.24) is 0 Å². The van der Waals surface area contributed by atoms with E-state index in [4.69, 9.17) is 9.90 Å². The molecule has 0 bridgehead atoms. The first-order valence-electron chi connectivity index (χ1n) is 4.05. The molecule has 12 heavy (non-hydrogen) atoms. The molecule has 0 aliphatic carbocycles. The lowest BCUT2D eigenvalue weighted by atomic mass is 10.4. The summed E-state index contributed by atoms with van der Waals surface area (Å²) in [6, 6.07) is 0. The Bertz CT molecular complexity index is 169. The highest BCUT2D eigenvalue weighted by atomic mass is 16.4. The third-order valence-electron chi connectivity index (χ3n) is 1.27. The second-order valence-corrected chi connectivity index (χ2v) is 2.53. The van der Waals surface area contributed by atoms with Gasteiger partial charge < -0.3 is 9.90 Å².